The summed E-state index contributed by atoms with van der Waals surface area (Å²) in [5.41, 5.74) is 3.06. The van der Waals surface area contributed by atoms with Gasteiger partial charge in [-0.3, -0.25) is 14.4 Å². The summed E-state index contributed by atoms with van der Waals surface area (Å²) >= 11 is 0. The number of halogens is 2. The number of carbonyl (C=O) groups is 3. The van der Waals surface area contributed by atoms with Gasteiger partial charge in [-0.15, -0.1) is 0 Å². The van der Waals surface area contributed by atoms with Crippen LogP contribution in [-0.2, 0) is 6.54 Å². The number of aryl methyl sites for hydroxylation is 2. The summed E-state index contributed by atoms with van der Waals surface area (Å²) in [5.74, 6) is -2.54. The molecule has 0 aliphatic carbocycles. The number of nitriles is 1. The third kappa shape index (κ3) is 5.83. The van der Waals surface area contributed by atoms with Crippen LogP contribution in [0.2, 0.25) is 0 Å². The van der Waals surface area contributed by atoms with E-state index in [1.807, 2.05) is 6.07 Å². The number of nitrogens with one attached hydrogen (secondary N) is 2. The van der Waals surface area contributed by atoms with Crippen molar-refractivity contribution >= 4 is 23.4 Å². The maximum absolute atomic E-state index is 14.1. The van der Waals surface area contributed by atoms with Gasteiger partial charge in [0.15, 0.2) is 0 Å². The average Bonchev–Trinajstić information content (AvgIpc) is 3.33. The van der Waals surface area contributed by atoms with Crippen molar-refractivity contribution in [3.63, 3.8) is 0 Å². The number of rotatable bonds is 6. The summed E-state index contributed by atoms with van der Waals surface area (Å²) in [6.45, 7) is 3.46. The second-order valence-corrected chi connectivity index (χ2v) is 9.90. The lowest BCUT2D eigenvalue weighted by Gasteiger charge is -2.19. The molecule has 210 valence electrons. The molecule has 0 saturated carbocycles. The quantitative estimate of drug-likeness (QED) is 0.358. The first-order chi connectivity index (χ1) is 20.1. The van der Waals surface area contributed by atoms with E-state index in [0.717, 1.165) is 12.4 Å². The maximum Gasteiger partial charge on any atom is 0.270 e. The first-order valence-corrected chi connectivity index (χ1v) is 12.9. The molecule has 0 fully saturated rings. The average molecular weight is 567 g/mol. The molecule has 1 aliphatic heterocycles. The number of fused-ring (bicyclic) bond motifs is 1. The Morgan fingerprint density at radius 1 is 0.976 bits per heavy atom. The first-order valence-electron chi connectivity index (χ1n) is 12.9. The van der Waals surface area contributed by atoms with Crippen molar-refractivity contribution in [3.05, 3.63) is 123 Å². The predicted molar refractivity (Wildman–Crippen MR) is 149 cm³/mol. The van der Waals surface area contributed by atoms with Crippen molar-refractivity contribution in [2.24, 2.45) is 0 Å². The van der Waals surface area contributed by atoms with Gasteiger partial charge in [0.1, 0.15) is 29.3 Å². The van der Waals surface area contributed by atoms with E-state index >= 15 is 0 Å². The van der Waals surface area contributed by atoms with Crippen LogP contribution in [0.4, 0.5) is 14.5 Å². The second kappa shape index (κ2) is 11.5. The van der Waals surface area contributed by atoms with Crippen LogP contribution in [0.1, 0.15) is 65.2 Å². The fourth-order valence-corrected chi connectivity index (χ4v) is 4.78. The van der Waals surface area contributed by atoms with Gasteiger partial charge in [-0.2, -0.15) is 5.26 Å². The van der Waals surface area contributed by atoms with E-state index in [-0.39, 0.29) is 35.9 Å². The molecular weight excluding hydrogens is 542 g/mol. The molecule has 4 aromatic rings. The minimum atomic E-state index is -0.673. The van der Waals surface area contributed by atoms with Crippen molar-refractivity contribution in [1.82, 2.24) is 20.6 Å². The summed E-state index contributed by atoms with van der Waals surface area (Å²) in [5, 5.41) is 14.9. The summed E-state index contributed by atoms with van der Waals surface area (Å²) in [6, 6.07) is 15.9. The molecular formula is C31H24F2N6O3. The Bertz CT molecular complexity index is 1760. The summed E-state index contributed by atoms with van der Waals surface area (Å²) in [6.07, 6.45) is 1.09. The van der Waals surface area contributed by atoms with E-state index in [9.17, 15) is 28.4 Å². The molecule has 11 heteroatoms. The van der Waals surface area contributed by atoms with E-state index in [0.29, 0.717) is 33.5 Å². The molecule has 1 atom stereocenters. The predicted octanol–water partition coefficient (Wildman–Crippen LogP) is 4.30. The van der Waals surface area contributed by atoms with Gasteiger partial charge in [0.05, 0.1) is 29.9 Å². The number of amides is 3. The normalized spacial score (nSPS) is 13.7. The molecule has 2 heterocycles. The monoisotopic (exact) mass is 566 g/mol. The maximum atomic E-state index is 14.1. The Labute approximate surface area is 239 Å². The van der Waals surface area contributed by atoms with Crippen LogP contribution in [0.25, 0.3) is 0 Å². The largest absolute Gasteiger partial charge is 0.347 e. The standard InChI is InChI=1S/C31H24F2N6O3/c1-17-7-21(11-22(32)8-17)31(42)39-15-27(23-5-3-19(13-34)10-28(23)39)38-30(41)26-12-25(36-16-37-26)29(40)35-14-20-4-6-24(33)18(2)9-20/h3-12,16,27H,14-15H2,1-2H3,(H,35,40)(H,38,41)/t27-/m0/s1. The zero-order valence-electron chi connectivity index (χ0n) is 22.6. The van der Waals surface area contributed by atoms with Gasteiger partial charge < -0.3 is 15.5 Å². The topological polar surface area (TPSA) is 128 Å². The van der Waals surface area contributed by atoms with Gasteiger partial charge in [0.2, 0.25) is 0 Å². The lowest BCUT2D eigenvalue weighted by atomic mass is 10.1. The van der Waals surface area contributed by atoms with E-state index in [1.165, 1.54) is 23.1 Å². The number of hydrogen-bond acceptors (Lipinski definition) is 6. The van der Waals surface area contributed by atoms with E-state index in [2.05, 4.69) is 20.6 Å². The smallest absolute Gasteiger partial charge is 0.270 e. The lowest BCUT2D eigenvalue weighted by Crippen LogP contribution is -2.36. The molecule has 5 rings (SSSR count). The van der Waals surface area contributed by atoms with Crippen LogP contribution in [0.5, 0.6) is 0 Å². The molecule has 0 saturated heterocycles. The number of benzene rings is 3. The number of carbonyl (C=O) groups excluding carboxylic acids is 3. The highest BCUT2D eigenvalue weighted by atomic mass is 19.1. The fourth-order valence-electron chi connectivity index (χ4n) is 4.78. The fraction of sp³-hybridized carbons (Fsp3) is 0.161. The summed E-state index contributed by atoms with van der Waals surface area (Å²) in [7, 11) is 0. The van der Waals surface area contributed by atoms with Crippen LogP contribution in [-0.4, -0.2) is 34.2 Å². The molecule has 2 N–H and O–H groups in total. The van der Waals surface area contributed by atoms with E-state index < -0.39 is 29.6 Å². The Morgan fingerprint density at radius 3 is 2.45 bits per heavy atom. The molecule has 1 aromatic heterocycles. The molecule has 9 nitrogen and oxygen atoms in total. The Balaban J connectivity index is 1.33. The summed E-state index contributed by atoms with van der Waals surface area (Å²) < 4.78 is 27.6. The number of hydrogen-bond donors (Lipinski definition) is 2. The van der Waals surface area contributed by atoms with Crippen LogP contribution in [0, 0.1) is 36.8 Å². The molecule has 0 spiro atoms. The van der Waals surface area contributed by atoms with Crippen molar-refractivity contribution in [3.8, 4) is 6.07 Å². The Morgan fingerprint density at radius 2 is 1.74 bits per heavy atom. The van der Waals surface area contributed by atoms with E-state index in [1.54, 1.807) is 50.2 Å². The minimum absolute atomic E-state index is 0.0276. The zero-order valence-corrected chi connectivity index (χ0v) is 22.6. The summed E-state index contributed by atoms with van der Waals surface area (Å²) in [4.78, 5) is 48.7. The lowest BCUT2D eigenvalue weighted by molar-refractivity contribution is 0.0924. The van der Waals surface area contributed by atoms with Gasteiger partial charge >= 0.3 is 0 Å². The SMILES string of the molecule is Cc1cc(F)cc(C(=O)N2C[C@H](NC(=O)c3cc(C(=O)NCc4ccc(F)c(C)c4)ncn3)c3ccc(C#N)cc32)c1. The van der Waals surface area contributed by atoms with Crippen LogP contribution < -0.4 is 15.5 Å². The number of nitrogens with zero attached hydrogens (tertiary/aromatic N) is 4. The molecule has 0 unspecified atom stereocenters. The van der Waals surface area contributed by atoms with Crippen molar-refractivity contribution in [1.29, 1.82) is 5.26 Å². The molecule has 0 bridgehead atoms. The molecule has 42 heavy (non-hydrogen) atoms. The Kier molecular flexibility index (Phi) is 7.71. The molecule has 1 aliphatic rings. The van der Waals surface area contributed by atoms with Gasteiger partial charge in [-0.25, -0.2) is 18.7 Å². The second-order valence-electron chi connectivity index (χ2n) is 9.90. The highest BCUT2D eigenvalue weighted by Gasteiger charge is 2.34. The van der Waals surface area contributed by atoms with Crippen LogP contribution in [0.15, 0.2) is 67.0 Å². The van der Waals surface area contributed by atoms with Gasteiger partial charge in [0.25, 0.3) is 17.7 Å². The molecule has 0 radical (unpaired) electrons. The number of anilines is 1. The highest BCUT2D eigenvalue weighted by molar-refractivity contribution is 6.08. The number of aromatic nitrogens is 2. The van der Waals surface area contributed by atoms with Gasteiger partial charge in [-0.05, 0) is 66.9 Å². The van der Waals surface area contributed by atoms with Crippen molar-refractivity contribution in [2.45, 2.75) is 26.4 Å². The first kappa shape index (κ1) is 28.0. The minimum Gasteiger partial charge on any atom is -0.347 e. The third-order valence-corrected chi connectivity index (χ3v) is 6.84. The zero-order chi connectivity index (χ0) is 30.0. The van der Waals surface area contributed by atoms with E-state index in [4.69, 9.17) is 0 Å². The Hall–Kier alpha value is -5.50. The van der Waals surface area contributed by atoms with Crippen molar-refractivity contribution in [2.75, 3.05) is 11.4 Å². The van der Waals surface area contributed by atoms with Gasteiger partial charge in [0, 0.05) is 23.7 Å². The molecule has 3 amide bonds. The third-order valence-electron chi connectivity index (χ3n) is 6.84. The molecule has 3 aromatic carbocycles. The van der Waals surface area contributed by atoms with Crippen LogP contribution >= 0.6 is 0 Å². The van der Waals surface area contributed by atoms with Crippen LogP contribution in [0.3, 0.4) is 0 Å². The van der Waals surface area contributed by atoms with Crippen molar-refractivity contribution < 1.29 is 23.2 Å². The van der Waals surface area contributed by atoms with Gasteiger partial charge in [-0.1, -0.05) is 18.2 Å². The highest BCUT2D eigenvalue weighted by Crippen LogP contribution is 2.37.